The fraction of sp³-hybridized carbons (Fsp3) is 0.565. The number of hydrogen-bond acceptors (Lipinski definition) is 2. The van der Waals surface area contributed by atoms with Crippen LogP contribution in [0, 0.1) is 17.8 Å². The third-order valence-electron chi connectivity index (χ3n) is 7.22. The van der Waals surface area contributed by atoms with Crippen molar-refractivity contribution in [2.75, 3.05) is 0 Å². The van der Waals surface area contributed by atoms with Crippen LogP contribution in [0.4, 0.5) is 0 Å². The quantitative estimate of drug-likeness (QED) is 0.746. The van der Waals surface area contributed by atoms with Crippen molar-refractivity contribution in [3.8, 4) is 0 Å². The molecule has 148 valence electrons. The van der Waals surface area contributed by atoms with E-state index in [1.54, 1.807) is 0 Å². The maximum absolute atomic E-state index is 13.3. The van der Waals surface area contributed by atoms with Crippen molar-refractivity contribution in [2.45, 2.75) is 63.5 Å². The molecule has 0 aliphatic heterocycles. The second kappa shape index (κ2) is 6.64. The molecule has 0 spiro atoms. The van der Waals surface area contributed by atoms with E-state index in [2.05, 4.69) is 21.7 Å². The maximum Gasteiger partial charge on any atom is 0.243 e. The van der Waals surface area contributed by atoms with E-state index in [-0.39, 0.29) is 17.4 Å². The molecule has 5 heteroatoms. The van der Waals surface area contributed by atoms with Gasteiger partial charge < -0.3 is 15.6 Å². The Bertz CT molecular complexity index is 880. The molecule has 0 radical (unpaired) electrons. The smallest absolute Gasteiger partial charge is 0.243 e. The first-order valence-electron chi connectivity index (χ1n) is 10.6. The molecule has 0 saturated heterocycles. The molecule has 4 fully saturated rings. The van der Waals surface area contributed by atoms with Crippen LogP contribution >= 0.6 is 0 Å². The largest absolute Gasteiger partial charge is 0.361 e. The molecule has 4 aliphatic rings. The molecule has 1 atom stereocenters. The number of hydrogen-bond donors (Lipinski definition) is 3. The number of aromatic nitrogens is 1. The number of carbonyl (C=O) groups is 2. The Morgan fingerprint density at radius 1 is 1.11 bits per heavy atom. The Labute approximate surface area is 165 Å². The molecular weight excluding hydrogens is 350 g/mol. The summed E-state index contributed by atoms with van der Waals surface area (Å²) in [6.07, 6.45) is 9.85. The number of nitrogens with one attached hydrogen (secondary N) is 3. The molecule has 1 heterocycles. The van der Waals surface area contributed by atoms with Crippen LogP contribution in [0.3, 0.4) is 0 Å². The molecule has 0 unspecified atom stereocenters. The van der Waals surface area contributed by atoms with Gasteiger partial charge in [-0.1, -0.05) is 18.2 Å². The minimum Gasteiger partial charge on any atom is -0.361 e. The van der Waals surface area contributed by atoms with Crippen LogP contribution < -0.4 is 10.6 Å². The zero-order valence-electron chi connectivity index (χ0n) is 16.5. The molecular formula is C23H29N3O2. The first-order chi connectivity index (χ1) is 13.5. The Balaban J connectivity index is 1.36. The van der Waals surface area contributed by atoms with Crippen molar-refractivity contribution in [1.82, 2.24) is 15.6 Å². The summed E-state index contributed by atoms with van der Waals surface area (Å²) in [6, 6.07) is 7.55. The van der Waals surface area contributed by atoms with E-state index >= 15 is 0 Å². The van der Waals surface area contributed by atoms with Gasteiger partial charge in [0.1, 0.15) is 6.04 Å². The molecule has 3 N–H and O–H groups in total. The van der Waals surface area contributed by atoms with Gasteiger partial charge in [0.05, 0.1) is 0 Å². The van der Waals surface area contributed by atoms with Crippen molar-refractivity contribution in [3.05, 3.63) is 36.0 Å². The summed E-state index contributed by atoms with van der Waals surface area (Å²) in [5.74, 6) is 2.14. The average Bonchev–Trinajstić information content (AvgIpc) is 3.02. The highest BCUT2D eigenvalue weighted by Crippen LogP contribution is 2.55. The van der Waals surface area contributed by atoms with Gasteiger partial charge in [-0.3, -0.25) is 9.59 Å². The van der Waals surface area contributed by atoms with Gasteiger partial charge in [-0.05, 0) is 67.9 Å². The monoisotopic (exact) mass is 379 g/mol. The zero-order valence-corrected chi connectivity index (χ0v) is 16.5. The number of carbonyl (C=O) groups excluding carboxylic acids is 2. The summed E-state index contributed by atoms with van der Waals surface area (Å²) in [4.78, 5) is 28.4. The minimum atomic E-state index is -0.537. The van der Waals surface area contributed by atoms with Gasteiger partial charge in [0, 0.05) is 36.0 Å². The van der Waals surface area contributed by atoms with E-state index in [0.29, 0.717) is 6.42 Å². The summed E-state index contributed by atoms with van der Waals surface area (Å²) in [5.41, 5.74) is 2.08. The lowest BCUT2D eigenvalue weighted by Gasteiger charge is -2.57. The first-order valence-corrected chi connectivity index (χ1v) is 10.6. The second-order valence-corrected chi connectivity index (χ2v) is 9.50. The van der Waals surface area contributed by atoms with Crippen LogP contribution in [0.25, 0.3) is 10.9 Å². The van der Waals surface area contributed by atoms with Crippen molar-refractivity contribution in [2.24, 2.45) is 17.8 Å². The second-order valence-electron chi connectivity index (χ2n) is 9.50. The summed E-state index contributed by atoms with van der Waals surface area (Å²) >= 11 is 0. The summed E-state index contributed by atoms with van der Waals surface area (Å²) < 4.78 is 0. The van der Waals surface area contributed by atoms with Crippen LogP contribution in [0.1, 0.15) is 51.0 Å². The van der Waals surface area contributed by atoms with Gasteiger partial charge in [-0.2, -0.15) is 0 Å². The van der Waals surface area contributed by atoms with E-state index in [4.69, 9.17) is 0 Å². The van der Waals surface area contributed by atoms with Crippen LogP contribution in [-0.4, -0.2) is 28.4 Å². The molecule has 2 aromatic rings. The summed E-state index contributed by atoms with van der Waals surface area (Å²) in [7, 11) is 0. The summed E-state index contributed by atoms with van der Waals surface area (Å²) in [5, 5.41) is 7.44. The molecule has 1 aromatic heterocycles. The molecule has 2 amide bonds. The predicted octanol–water partition coefficient (Wildman–Crippen LogP) is 3.30. The third kappa shape index (κ3) is 3.21. The molecule has 4 bridgehead atoms. The number of rotatable bonds is 5. The van der Waals surface area contributed by atoms with Crippen LogP contribution in [0.2, 0.25) is 0 Å². The van der Waals surface area contributed by atoms with Crippen LogP contribution in [-0.2, 0) is 16.0 Å². The van der Waals surface area contributed by atoms with E-state index in [9.17, 15) is 9.59 Å². The molecule has 5 nitrogen and oxygen atoms in total. The number of amides is 2. The fourth-order valence-corrected chi connectivity index (χ4v) is 6.59. The van der Waals surface area contributed by atoms with Crippen molar-refractivity contribution in [1.29, 1.82) is 0 Å². The number of H-pyrrole nitrogens is 1. The lowest BCUT2D eigenvalue weighted by molar-refractivity contribution is -0.132. The highest BCUT2D eigenvalue weighted by Gasteiger charge is 2.51. The van der Waals surface area contributed by atoms with E-state index in [1.165, 1.54) is 26.2 Å². The Hall–Kier alpha value is -2.30. The lowest BCUT2D eigenvalue weighted by atomic mass is 9.53. The topological polar surface area (TPSA) is 74.0 Å². The van der Waals surface area contributed by atoms with Gasteiger partial charge in [0.15, 0.2) is 0 Å². The Morgan fingerprint density at radius 3 is 2.39 bits per heavy atom. The van der Waals surface area contributed by atoms with Gasteiger partial charge in [0.2, 0.25) is 11.8 Å². The Kier molecular flexibility index (Phi) is 4.22. The maximum atomic E-state index is 13.3. The zero-order chi connectivity index (χ0) is 19.3. The highest BCUT2D eigenvalue weighted by molar-refractivity contribution is 5.89. The molecule has 28 heavy (non-hydrogen) atoms. The Morgan fingerprint density at radius 2 is 1.75 bits per heavy atom. The van der Waals surface area contributed by atoms with Crippen molar-refractivity contribution in [3.63, 3.8) is 0 Å². The third-order valence-corrected chi connectivity index (χ3v) is 7.22. The van der Waals surface area contributed by atoms with Crippen molar-refractivity contribution < 1.29 is 9.59 Å². The van der Waals surface area contributed by atoms with Crippen molar-refractivity contribution >= 4 is 22.7 Å². The molecule has 4 aliphatic carbocycles. The minimum absolute atomic E-state index is 0.0255. The predicted molar refractivity (Wildman–Crippen MR) is 109 cm³/mol. The summed E-state index contributed by atoms with van der Waals surface area (Å²) in [6.45, 7) is 1.49. The normalized spacial score (nSPS) is 31.7. The van der Waals surface area contributed by atoms with Crippen LogP contribution in [0.15, 0.2) is 30.5 Å². The molecule has 4 saturated carbocycles. The average molecular weight is 380 g/mol. The van der Waals surface area contributed by atoms with E-state index in [1.807, 2.05) is 24.4 Å². The van der Waals surface area contributed by atoms with Gasteiger partial charge >= 0.3 is 0 Å². The van der Waals surface area contributed by atoms with Gasteiger partial charge in [0.25, 0.3) is 0 Å². The van der Waals surface area contributed by atoms with E-state index in [0.717, 1.165) is 53.5 Å². The van der Waals surface area contributed by atoms with Gasteiger partial charge in [-0.15, -0.1) is 0 Å². The number of benzene rings is 1. The van der Waals surface area contributed by atoms with Gasteiger partial charge in [-0.25, -0.2) is 0 Å². The standard InChI is InChI=1S/C23H29N3O2/c1-14(27)25-21(9-18-13-24-20-5-3-2-4-19(18)20)22(28)26-23-10-15-6-16(11-23)8-17(7-15)12-23/h2-5,13,15-17,21,24H,6-12H2,1H3,(H,25,27)(H,26,28)/t15?,16?,17?,21-,23?/m1/s1. The number of aromatic amines is 1. The number of para-hydroxylation sites is 1. The molecule has 1 aromatic carbocycles. The lowest BCUT2D eigenvalue weighted by Crippen LogP contribution is -2.62. The molecule has 6 rings (SSSR count). The van der Waals surface area contributed by atoms with E-state index < -0.39 is 6.04 Å². The fourth-order valence-electron chi connectivity index (χ4n) is 6.59. The highest BCUT2D eigenvalue weighted by atomic mass is 16.2. The van der Waals surface area contributed by atoms with Crippen LogP contribution in [0.5, 0.6) is 0 Å². The SMILES string of the molecule is CC(=O)N[C@H](Cc1c[nH]c2ccccc12)C(=O)NC12CC3CC(CC(C3)C1)C2. The number of fused-ring (bicyclic) bond motifs is 1. The first kappa shape index (κ1) is 17.8.